The molecule has 1 N–H and O–H groups in total. The number of hydrogen-bond donors (Lipinski definition) is 1. The standard InChI is InChI=1S/C22H34N4O2/c27-22(26-11-3-10-25(12-13-26)21-4-1-2-5-21)23-20-8-6-19(7-9-20)18-24-14-16-28-17-15-24/h6-9,21H,1-5,10-18H2,(H,23,27). The van der Waals surface area contributed by atoms with Crippen LogP contribution in [0.4, 0.5) is 10.5 Å². The van der Waals surface area contributed by atoms with Gasteiger partial charge in [-0.1, -0.05) is 25.0 Å². The lowest BCUT2D eigenvalue weighted by Gasteiger charge is -2.27. The van der Waals surface area contributed by atoms with E-state index in [0.717, 1.165) is 77.2 Å². The quantitative estimate of drug-likeness (QED) is 0.864. The summed E-state index contributed by atoms with van der Waals surface area (Å²) in [6.07, 6.45) is 6.48. The molecule has 28 heavy (non-hydrogen) atoms. The van der Waals surface area contributed by atoms with Gasteiger partial charge in [0.2, 0.25) is 0 Å². The summed E-state index contributed by atoms with van der Waals surface area (Å²) in [4.78, 5) is 19.7. The van der Waals surface area contributed by atoms with Gasteiger partial charge in [-0.3, -0.25) is 9.80 Å². The maximum Gasteiger partial charge on any atom is 0.321 e. The molecule has 2 aliphatic heterocycles. The Hall–Kier alpha value is -1.63. The van der Waals surface area contributed by atoms with Gasteiger partial charge in [-0.25, -0.2) is 4.79 Å². The van der Waals surface area contributed by atoms with Gasteiger partial charge in [0.1, 0.15) is 0 Å². The number of anilines is 1. The number of nitrogens with zero attached hydrogens (tertiary/aromatic N) is 3. The molecule has 0 atom stereocenters. The molecule has 4 rings (SSSR count). The maximum atomic E-state index is 12.7. The molecule has 154 valence electrons. The first-order chi connectivity index (χ1) is 13.8. The summed E-state index contributed by atoms with van der Waals surface area (Å²) in [5.74, 6) is 0. The number of benzene rings is 1. The van der Waals surface area contributed by atoms with Crippen molar-refractivity contribution in [3.8, 4) is 0 Å². The normalized spacial score (nSPS) is 22.9. The molecular weight excluding hydrogens is 352 g/mol. The van der Waals surface area contributed by atoms with Gasteiger partial charge in [0.25, 0.3) is 0 Å². The zero-order valence-electron chi connectivity index (χ0n) is 16.9. The molecule has 0 spiro atoms. The predicted octanol–water partition coefficient (Wildman–Crippen LogP) is 3.00. The highest BCUT2D eigenvalue weighted by molar-refractivity contribution is 5.89. The second kappa shape index (κ2) is 9.72. The third-order valence-corrected chi connectivity index (χ3v) is 6.37. The molecule has 3 aliphatic rings. The third kappa shape index (κ3) is 5.25. The van der Waals surface area contributed by atoms with E-state index < -0.39 is 0 Å². The first-order valence-electron chi connectivity index (χ1n) is 11.0. The zero-order valence-corrected chi connectivity index (χ0v) is 16.9. The van der Waals surface area contributed by atoms with Gasteiger partial charge in [-0.05, 0) is 37.0 Å². The average Bonchev–Trinajstić information content (AvgIpc) is 3.15. The molecule has 0 bridgehead atoms. The van der Waals surface area contributed by atoms with E-state index in [-0.39, 0.29) is 6.03 Å². The van der Waals surface area contributed by atoms with Crippen LogP contribution in [0, 0.1) is 0 Å². The largest absolute Gasteiger partial charge is 0.379 e. The lowest BCUT2D eigenvalue weighted by Crippen LogP contribution is -2.40. The van der Waals surface area contributed by atoms with Crippen LogP contribution in [0.5, 0.6) is 0 Å². The minimum absolute atomic E-state index is 0.0363. The molecule has 3 fully saturated rings. The number of carbonyl (C=O) groups is 1. The third-order valence-electron chi connectivity index (χ3n) is 6.37. The number of carbonyl (C=O) groups excluding carboxylic acids is 1. The topological polar surface area (TPSA) is 48.1 Å². The molecule has 1 aromatic rings. The Morgan fingerprint density at radius 2 is 1.68 bits per heavy atom. The molecule has 1 aromatic carbocycles. The summed E-state index contributed by atoms with van der Waals surface area (Å²) < 4.78 is 5.41. The van der Waals surface area contributed by atoms with Gasteiger partial charge < -0.3 is 15.0 Å². The molecule has 2 heterocycles. The van der Waals surface area contributed by atoms with Crippen molar-refractivity contribution in [3.05, 3.63) is 29.8 Å². The highest BCUT2D eigenvalue weighted by atomic mass is 16.5. The van der Waals surface area contributed by atoms with Crippen molar-refractivity contribution < 1.29 is 9.53 Å². The Kier molecular flexibility index (Phi) is 6.83. The highest BCUT2D eigenvalue weighted by Crippen LogP contribution is 2.24. The Labute approximate surface area is 168 Å². The lowest BCUT2D eigenvalue weighted by molar-refractivity contribution is 0.0342. The van der Waals surface area contributed by atoms with E-state index in [4.69, 9.17) is 4.74 Å². The van der Waals surface area contributed by atoms with E-state index >= 15 is 0 Å². The van der Waals surface area contributed by atoms with Gasteiger partial charge in [0.15, 0.2) is 0 Å². The van der Waals surface area contributed by atoms with Crippen LogP contribution in [0.2, 0.25) is 0 Å². The molecule has 0 radical (unpaired) electrons. The summed E-state index contributed by atoms with van der Waals surface area (Å²) in [5.41, 5.74) is 2.16. The predicted molar refractivity (Wildman–Crippen MR) is 112 cm³/mol. The van der Waals surface area contributed by atoms with E-state index in [9.17, 15) is 4.79 Å². The minimum atomic E-state index is 0.0363. The second-order valence-corrected chi connectivity index (χ2v) is 8.33. The van der Waals surface area contributed by atoms with Crippen LogP contribution < -0.4 is 5.32 Å². The number of hydrogen-bond acceptors (Lipinski definition) is 4. The Bertz CT molecular complexity index is 624. The number of rotatable bonds is 4. The van der Waals surface area contributed by atoms with Gasteiger partial charge in [-0.2, -0.15) is 0 Å². The highest BCUT2D eigenvalue weighted by Gasteiger charge is 2.26. The van der Waals surface area contributed by atoms with Gasteiger partial charge in [0.05, 0.1) is 13.2 Å². The van der Waals surface area contributed by atoms with E-state index in [2.05, 4.69) is 27.2 Å². The molecular formula is C22H34N4O2. The fraction of sp³-hybridized carbons (Fsp3) is 0.682. The summed E-state index contributed by atoms with van der Waals surface area (Å²) in [6, 6.07) is 9.08. The fourth-order valence-corrected chi connectivity index (χ4v) is 4.69. The van der Waals surface area contributed by atoms with Crippen LogP contribution in [0.15, 0.2) is 24.3 Å². The maximum absolute atomic E-state index is 12.7. The molecule has 1 aliphatic carbocycles. The number of ether oxygens (including phenoxy) is 1. The first kappa shape index (κ1) is 19.7. The van der Waals surface area contributed by atoms with E-state index in [1.807, 2.05) is 17.0 Å². The van der Waals surface area contributed by atoms with Crippen LogP contribution in [0.25, 0.3) is 0 Å². The monoisotopic (exact) mass is 386 g/mol. The summed E-state index contributed by atoms with van der Waals surface area (Å²) >= 11 is 0. The van der Waals surface area contributed by atoms with E-state index in [1.165, 1.54) is 31.2 Å². The van der Waals surface area contributed by atoms with Crippen LogP contribution >= 0.6 is 0 Å². The summed E-state index contributed by atoms with van der Waals surface area (Å²) in [5, 5.41) is 3.09. The molecule has 6 nitrogen and oxygen atoms in total. The minimum Gasteiger partial charge on any atom is -0.379 e. The van der Waals surface area contributed by atoms with E-state index in [1.54, 1.807) is 0 Å². The fourth-order valence-electron chi connectivity index (χ4n) is 4.69. The van der Waals surface area contributed by atoms with Gasteiger partial charge in [0, 0.05) is 57.5 Å². The van der Waals surface area contributed by atoms with E-state index in [0.29, 0.717) is 0 Å². The van der Waals surface area contributed by atoms with Crippen molar-refractivity contribution in [3.63, 3.8) is 0 Å². The summed E-state index contributed by atoms with van der Waals surface area (Å²) in [6.45, 7) is 8.39. The molecule has 2 amide bonds. The molecule has 2 saturated heterocycles. The molecule has 6 heteroatoms. The molecule has 0 unspecified atom stereocenters. The SMILES string of the molecule is O=C(Nc1ccc(CN2CCOCC2)cc1)N1CCCN(C2CCCC2)CC1. The van der Waals surface area contributed by atoms with Crippen molar-refractivity contribution in [2.24, 2.45) is 0 Å². The van der Waals surface area contributed by atoms with Crippen molar-refractivity contribution in [1.82, 2.24) is 14.7 Å². The smallest absolute Gasteiger partial charge is 0.321 e. The zero-order chi connectivity index (χ0) is 19.2. The van der Waals surface area contributed by atoms with Crippen LogP contribution in [-0.2, 0) is 11.3 Å². The number of urea groups is 1. The van der Waals surface area contributed by atoms with Gasteiger partial charge >= 0.3 is 6.03 Å². The summed E-state index contributed by atoms with van der Waals surface area (Å²) in [7, 11) is 0. The number of nitrogens with one attached hydrogen (secondary N) is 1. The number of morpholine rings is 1. The number of amides is 2. The Balaban J connectivity index is 1.25. The Morgan fingerprint density at radius 3 is 2.43 bits per heavy atom. The van der Waals surface area contributed by atoms with Crippen LogP contribution in [0.3, 0.4) is 0 Å². The Morgan fingerprint density at radius 1 is 0.929 bits per heavy atom. The van der Waals surface area contributed by atoms with Crippen molar-refractivity contribution in [2.45, 2.75) is 44.7 Å². The van der Waals surface area contributed by atoms with Gasteiger partial charge in [-0.15, -0.1) is 0 Å². The van der Waals surface area contributed by atoms with Crippen LogP contribution in [0.1, 0.15) is 37.7 Å². The molecule has 1 saturated carbocycles. The van der Waals surface area contributed by atoms with Crippen molar-refractivity contribution in [2.75, 3.05) is 57.8 Å². The first-order valence-corrected chi connectivity index (χ1v) is 11.0. The van der Waals surface area contributed by atoms with Crippen LogP contribution in [-0.4, -0.2) is 79.3 Å². The van der Waals surface area contributed by atoms with Crippen molar-refractivity contribution in [1.29, 1.82) is 0 Å². The molecule has 0 aromatic heterocycles. The lowest BCUT2D eigenvalue weighted by atomic mass is 10.2. The second-order valence-electron chi connectivity index (χ2n) is 8.33. The van der Waals surface area contributed by atoms with Crippen molar-refractivity contribution >= 4 is 11.7 Å². The average molecular weight is 387 g/mol.